The summed E-state index contributed by atoms with van der Waals surface area (Å²) in [5, 5.41) is 12.4. The first-order chi connectivity index (χ1) is 9.20. The molecule has 0 saturated carbocycles. The molecule has 0 bridgehead atoms. The summed E-state index contributed by atoms with van der Waals surface area (Å²) in [5.74, 6) is 0.00652. The van der Waals surface area contributed by atoms with Gasteiger partial charge in [0.2, 0.25) is 5.91 Å². The Morgan fingerprint density at radius 1 is 1.37 bits per heavy atom. The Hall–Kier alpha value is -1.39. The van der Waals surface area contributed by atoms with Crippen LogP contribution in [0.2, 0.25) is 0 Å². The van der Waals surface area contributed by atoms with Crippen molar-refractivity contribution in [2.75, 3.05) is 25.0 Å². The number of rotatable bonds is 3. The molecule has 0 aromatic heterocycles. The predicted octanol–water partition coefficient (Wildman–Crippen LogP) is 1.18. The molecule has 1 aromatic rings. The van der Waals surface area contributed by atoms with Gasteiger partial charge in [-0.05, 0) is 48.9 Å². The summed E-state index contributed by atoms with van der Waals surface area (Å²) < 4.78 is 0. The number of carbonyl (C=O) groups is 1. The van der Waals surface area contributed by atoms with Gasteiger partial charge in [-0.25, -0.2) is 0 Å². The highest BCUT2D eigenvalue weighted by Crippen LogP contribution is 2.24. The van der Waals surface area contributed by atoms with Gasteiger partial charge in [0.05, 0.1) is 12.6 Å². The quantitative estimate of drug-likeness (QED) is 0.858. The van der Waals surface area contributed by atoms with Gasteiger partial charge >= 0.3 is 0 Å². The van der Waals surface area contributed by atoms with Gasteiger partial charge in [-0.2, -0.15) is 0 Å². The molecule has 1 atom stereocenters. The van der Waals surface area contributed by atoms with Crippen molar-refractivity contribution in [3.8, 4) is 0 Å². The van der Waals surface area contributed by atoms with Crippen LogP contribution in [0.25, 0.3) is 0 Å². The van der Waals surface area contributed by atoms with E-state index in [1.54, 1.807) is 0 Å². The van der Waals surface area contributed by atoms with Gasteiger partial charge in [-0.15, -0.1) is 0 Å². The summed E-state index contributed by atoms with van der Waals surface area (Å²) in [4.78, 5) is 13.9. The number of fused-ring (bicyclic) bond motifs is 1. The number of aliphatic hydroxyl groups excluding tert-OH is 1. The zero-order chi connectivity index (χ0) is 13.2. The maximum atomic E-state index is 11.9. The molecule has 2 aliphatic rings. The Bertz CT molecular complexity index is 487. The van der Waals surface area contributed by atoms with Gasteiger partial charge in [0.25, 0.3) is 0 Å². The SMILES string of the molecule is O=C(CN1CCC(O)C1)Nc1ccc2c(c1)CCC2. The van der Waals surface area contributed by atoms with Crippen LogP contribution in [0, 0.1) is 0 Å². The van der Waals surface area contributed by atoms with Gasteiger partial charge < -0.3 is 10.4 Å². The molecule has 1 unspecified atom stereocenters. The van der Waals surface area contributed by atoms with Crippen molar-refractivity contribution in [1.82, 2.24) is 4.90 Å². The molecule has 4 heteroatoms. The minimum absolute atomic E-state index is 0.00652. The van der Waals surface area contributed by atoms with Crippen molar-refractivity contribution in [2.24, 2.45) is 0 Å². The van der Waals surface area contributed by atoms with E-state index in [1.807, 2.05) is 11.0 Å². The lowest BCUT2D eigenvalue weighted by Crippen LogP contribution is -2.32. The topological polar surface area (TPSA) is 52.6 Å². The fourth-order valence-electron chi connectivity index (χ4n) is 3.01. The van der Waals surface area contributed by atoms with E-state index in [9.17, 15) is 9.90 Å². The lowest BCUT2D eigenvalue weighted by molar-refractivity contribution is -0.117. The van der Waals surface area contributed by atoms with Gasteiger partial charge in [0.15, 0.2) is 0 Å². The number of β-amino-alcohol motifs (C(OH)–C–C–N with tert-alkyl or cyclic N) is 1. The Balaban J connectivity index is 1.57. The summed E-state index contributed by atoms with van der Waals surface area (Å²) in [7, 11) is 0. The van der Waals surface area contributed by atoms with E-state index < -0.39 is 0 Å². The first-order valence-electron chi connectivity index (χ1n) is 7.03. The summed E-state index contributed by atoms with van der Waals surface area (Å²) in [6.07, 6.45) is 4.00. The van der Waals surface area contributed by atoms with Crippen LogP contribution in [-0.2, 0) is 17.6 Å². The second-order valence-corrected chi connectivity index (χ2v) is 5.56. The lowest BCUT2D eigenvalue weighted by Gasteiger charge is -2.14. The first kappa shape index (κ1) is 12.6. The highest BCUT2D eigenvalue weighted by atomic mass is 16.3. The molecule has 1 heterocycles. The minimum atomic E-state index is -0.271. The van der Waals surface area contributed by atoms with Gasteiger partial charge in [-0.3, -0.25) is 9.69 Å². The van der Waals surface area contributed by atoms with Crippen LogP contribution in [0.4, 0.5) is 5.69 Å². The number of carbonyl (C=O) groups excluding carboxylic acids is 1. The molecular formula is C15H20N2O2. The third kappa shape index (κ3) is 2.96. The number of benzene rings is 1. The predicted molar refractivity (Wildman–Crippen MR) is 74.2 cm³/mol. The molecule has 1 fully saturated rings. The summed E-state index contributed by atoms with van der Waals surface area (Å²) in [6.45, 7) is 1.78. The highest BCUT2D eigenvalue weighted by Gasteiger charge is 2.22. The normalized spacial score (nSPS) is 22.5. The third-order valence-corrected chi connectivity index (χ3v) is 4.00. The average molecular weight is 260 g/mol. The van der Waals surface area contributed by atoms with E-state index in [2.05, 4.69) is 17.4 Å². The van der Waals surface area contributed by atoms with Crippen LogP contribution in [0.15, 0.2) is 18.2 Å². The Morgan fingerprint density at radius 3 is 3.00 bits per heavy atom. The van der Waals surface area contributed by atoms with Crippen LogP contribution in [0.1, 0.15) is 24.0 Å². The van der Waals surface area contributed by atoms with Crippen molar-refractivity contribution < 1.29 is 9.90 Å². The molecule has 2 N–H and O–H groups in total. The summed E-state index contributed by atoms with van der Waals surface area (Å²) in [6, 6.07) is 6.21. The zero-order valence-corrected chi connectivity index (χ0v) is 11.1. The van der Waals surface area contributed by atoms with Gasteiger partial charge in [0.1, 0.15) is 0 Å². The highest BCUT2D eigenvalue weighted by molar-refractivity contribution is 5.92. The molecule has 102 valence electrons. The van der Waals surface area contributed by atoms with E-state index in [-0.39, 0.29) is 12.0 Å². The molecule has 1 aromatic carbocycles. The van der Waals surface area contributed by atoms with Crippen molar-refractivity contribution in [1.29, 1.82) is 0 Å². The summed E-state index contributed by atoms with van der Waals surface area (Å²) >= 11 is 0. The number of hydrogen-bond acceptors (Lipinski definition) is 3. The number of aryl methyl sites for hydroxylation is 2. The molecule has 0 radical (unpaired) electrons. The molecule has 1 saturated heterocycles. The maximum Gasteiger partial charge on any atom is 0.238 e. The molecule has 1 aliphatic heterocycles. The zero-order valence-electron chi connectivity index (χ0n) is 11.1. The average Bonchev–Trinajstić information content (AvgIpc) is 2.97. The van der Waals surface area contributed by atoms with Crippen LogP contribution in [0.5, 0.6) is 0 Å². The van der Waals surface area contributed by atoms with Gasteiger partial charge in [-0.1, -0.05) is 6.07 Å². The molecule has 19 heavy (non-hydrogen) atoms. The standard InChI is InChI=1S/C15H20N2O2/c18-14-6-7-17(9-14)10-15(19)16-13-5-4-11-2-1-3-12(11)8-13/h4-5,8,14,18H,1-3,6-7,9-10H2,(H,16,19). The van der Waals surface area contributed by atoms with Crippen LogP contribution < -0.4 is 5.32 Å². The number of anilines is 1. The molecular weight excluding hydrogens is 240 g/mol. The Morgan fingerprint density at radius 2 is 2.21 bits per heavy atom. The van der Waals surface area contributed by atoms with Gasteiger partial charge in [0, 0.05) is 18.8 Å². The molecule has 1 aliphatic carbocycles. The van der Waals surface area contributed by atoms with Crippen molar-refractivity contribution in [3.63, 3.8) is 0 Å². The van der Waals surface area contributed by atoms with E-state index in [4.69, 9.17) is 0 Å². The van der Waals surface area contributed by atoms with E-state index in [0.29, 0.717) is 13.1 Å². The first-order valence-corrected chi connectivity index (χ1v) is 7.03. The lowest BCUT2D eigenvalue weighted by atomic mass is 10.1. The minimum Gasteiger partial charge on any atom is -0.392 e. The monoisotopic (exact) mass is 260 g/mol. The molecule has 1 amide bonds. The van der Waals surface area contributed by atoms with E-state index in [1.165, 1.54) is 17.5 Å². The third-order valence-electron chi connectivity index (χ3n) is 4.00. The molecule has 4 nitrogen and oxygen atoms in total. The fourth-order valence-corrected chi connectivity index (χ4v) is 3.01. The Kier molecular flexibility index (Phi) is 3.53. The number of nitrogens with one attached hydrogen (secondary N) is 1. The molecule has 0 spiro atoms. The smallest absolute Gasteiger partial charge is 0.238 e. The number of hydrogen-bond donors (Lipinski definition) is 2. The van der Waals surface area contributed by atoms with E-state index >= 15 is 0 Å². The Labute approximate surface area is 113 Å². The van der Waals surface area contributed by atoms with E-state index in [0.717, 1.165) is 31.5 Å². The fraction of sp³-hybridized carbons (Fsp3) is 0.533. The van der Waals surface area contributed by atoms with Crippen molar-refractivity contribution in [2.45, 2.75) is 31.8 Å². The van der Waals surface area contributed by atoms with Crippen molar-refractivity contribution >= 4 is 11.6 Å². The number of nitrogens with zero attached hydrogens (tertiary/aromatic N) is 1. The number of amides is 1. The largest absolute Gasteiger partial charge is 0.392 e. The maximum absolute atomic E-state index is 11.9. The molecule has 3 rings (SSSR count). The second kappa shape index (κ2) is 5.31. The van der Waals surface area contributed by atoms with Crippen LogP contribution in [-0.4, -0.2) is 41.7 Å². The number of aliphatic hydroxyl groups is 1. The van der Waals surface area contributed by atoms with Crippen LogP contribution >= 0.6 is 0 Å². The van der Waals surface area contributed by atoms with Crippen LogP contribution in [0.3, 0.4) is 0 Å². The second-order valence-electron chi connectivity index (χ2n) is 5.56. The van der Waals surface area contributed by atoms with Crippen molar-refractivity contribution in [3.05, 3.63) is 29.3 Å². The summed E-state index contributed by atoms with van der Waals surface area (Å²) in [5.41, 5.74) is 3.68. The number of likely N-dealkylation sites (tertiary alicyclic amines) is 1.